The first kappa shape index (κ1) is 32.0. The van der Waals surface area contributed by atoms with Crippen molar-refractivity contribution in [3.05, 3.63) is 65.0 Å². The van der Waals surface area contributed by atoms with Crippen LogP contribution in [0.4, 0.5) is 13.2 Å². The molecule has 4 aromatic rings. The smallest absolute Gasteiger partial charge is 0.389 e. The van der Waals surface area contributed by atoms with E-state index in [0.29, 0.717) is 5.56 Å². The van der Waals surface area contributed by atoms with E-state index in [1.807, 2.05) is 19.1 Å². The van der Waals surface area contributed by atoms with Gasteiger partial charge in [-0.1, -0.05) is 43.7 Å². The van der Waals surface area contributed by atoms with Crippen molar-refractivity contribution in [3.8, 4) is 34.4 Å². The number of hydrogen-bond acceptors (Lipinski definition) is 7. The highest BCUT2D eigenvalue weighted by Gasteiger charge is 2.33. The summed E-state index contributed by atoms with van der Waals surface area (Å²) in [6, 6.07) is 12.3. The van der Waals surface area contributed by atoms with Gasteiger partial charge in [0.15, 0.2) is 0 Å². The third kappa shape index (κ3) is 6.51. The molecule has 1 unspecified atom stereocenters. The zero-order chi connectivity index (χ0) is 32.4. The lowest BCUT2D eigenvalue weighted by Gasteiger charge is -2.27. The third-order valence-corrected chi connectivity index (χ3v) is 7.54. The Morgan fingerprint density at radius 2 is 1.80 bits per heavy atom. The summed E-state index contributed by atoms with van der Waals surface area (Å²) in [6.45, 7) is 7.05. The van der Waals surface area contributed by atoms with E-state index in [9.17, 15) is 28.0 Å². The van der Waals surface area contributed by atoms with Gasteiger partial charge in [0.05, 0.1) is 29.8 Å². The number of furan rings is 1. The molecule has 3 aromatic heterocycles. The molecule has 0 fully saturated rings. The first-order valence-electron chi connectivity index (χ1n) is 13.8. The number of hydrogen-bond donors (Lipinski definition) is 2. The molecule has 230 valence electrons. The predicted molar refractivity (Wildman–Crippen MR) is 158 cm³/mol. The minimum Gasteiger partial charge on any atom is -0.480 e. The number of carbonyl (C=O) groups is 2. The lowest BCUT2D eigenvalue weighted by molar-refractivity contribution is -0.134. The Morgan fingerprint density at radius 1 is 1.11 bits per heavy atom. The van der Waals surface area contributed by atoms with Crippen LogP contribution < -0.4 is 15.4 Å². The fourth-order valence-corrected chi connectivity index (χ4v) is 4.55. The number of aryl methyl sites for hydroxylation is 2. The van der Waals surface area contributed by atoms with Gasteiger partial charge in [0.2, 0.25) is 11.6 Å². The Hall–Kier alpha value is -4.92. The lowest BCUT2D eigenvalue weighted by atomic mass is 9.89. The van der Waals surface area contributed by atoms with E-state index in [-0.39, 0.29) is 56.6 Å². The fraction of sp³-hybridized carbons (Fsp3) is 0.344. The number of rotatable bonds is 9. The van der Waals surface area contributed by atoms with Crippen molar-refractivity contribution in [2.75, 3.05) is 14.2 Å². The average molecular weight is 608 g/mol. The van der Waals surface area contributed by atoms with Gasteiger partial charge < -0.3 is 19.8 Å². The SMILES string of the molecule is CNC(=O)c1c(-c2ccc(C)cc2)oc2nc(CCC(F)(F)F)c(-c3cnc(OC)c(C(=O)NC(C)(C#N)C(C)C)c3)cc12. The zero-order valence-corrected chi connectivity index (χ0v) is 25.1. The monoisotopic (exact) mass is 607 g/mol. The van der Waals surface area contributed by atoms with Crippen LogP contribution in [0.15, 0.2) is 47.0 Å². The van der Waals surface area contributed by atoms with Crippen LogP contribution in [0.3, 0.4) is 0 Å². The molecular weight excluding hydrogens is 575 g/mol. The van der Waals surface area contributed by atoms with Crippen LogP contribution in [0.5, 0.6) is 5.88 Å². The van der Waals surface area contributed by atoms with Crippen LogP contribution in [0.25, 0.3) is 33.6 Å². The van der Waals surface area contributed by atoms with Crippen LogP contribution in [-0.2, 0) is 6.42 Å². The number of fused-ring (bicyclic) bond motifs is 1. The Kier molecular flexibility index (Phi) is 8.99. The van der Waals surface area contributed by atoms with Gasteiger partial charge in [-0.3, -0.25) is 9.59 Å². The zero-order valence-electron chi connectivity index (χ0n) is 25.1. The van der Waals surface area contributed by atoms with Crippen LogP contribution in [-0.4, -0.2) is 47.7 Å². The van der Waals surface area contributed by atoms with E-state index < -0.39 is 36.4 Å². The van der Waals surface area contributed by atoms with Gasteiger partial charge in [-0.25, -0.2) is 9.97 Å². The molecule has 4 rings (SSSR count). The van der Waals surface area contributed by atoms with Crippen molar-refractivity contribution < 1.29 is 31.9 Å². The molecule has 0 aliphatic rings. The number of amides is 2. The van der Waals surface area contributed by atoms with E-state index in [2.05, 4.69) is 26.7 Å². The minimum atomic E-state index is -4.47. The van der Waals surface area contributed by atoms with Crippen molar-refractivity contribution in [1.82, 2.24) is 20.6 Å². The number of benzene rings is 1. The molecule has 9 nitrogen and oxygen atoms in total. The number of nitrogens with zero attached hydrogens (tertiary/aromatic N) is 3. The quantitative estimate of drug-likeness (QED) is 0.225. The highest BCUT2D eigenvalue weighted by atomic mass is 19.4. The highest BCUT2D eigenvalue weighted by Crippen LogP contribution is 2.38. The highest BCUT2D eigenvalue weighted by molar-refractivity contribution is 6.11. The summed E-state index contributed by atoms with van der Waals surface area (Å²) < 4.78 is 51.4. The molecule has 0 aliphatic heterocycles. The maximum Gasteiger partial charge on any atom is 0.389 e. The van der Waals surface area contributed by atoms with Gasteiger partial charge in [0.1, 0.15) is 16.9 Å². The summed E-state index contributed by atoms with van der Waals surface area (Å²) in [7, 11) is 2.78. The van der Waals surface area contributed by atoms with Gasteiger partial charge in [-0.15, -0.1) is 0 Å². The molecule has 12 heteroatoms. The lowest BCUT2D eigenvalue weighted by Crippen LogP contribution is -2.48. The number of carbonyl (C=O) groups excluding carboxylic acids is 2. The van der Waals surface area contributed by atoms with E-state index in [1.165, 1.54) is 32.5 Å². The molecule has 3 heterocycles. The molecule has 44 heavy (non-hydrogen) atoms. The maximum atomic E-state index is 13.4. The summed E-state index contributed by atoms with van der Waals surface area (Å²) >= 11 is 0. The van der Waals surface area contributed by atoms with Gasteiger partial charge in [-0.05, 0) is 38.3 Å². The molecule has 0 saturated heterocycles. The Balaban J connectivity index is 1.96. The van der Waals surface area contributed by atoms with Crippen LogP contribution in [0.1, 0.15) is 59.2 Å². The molecule has 0 aliphatic carbocycles. The van der Waals surface area contributed by atoms with Crippen LogP contribution in [0.2, 0.25) is 0 Å². The largest absolute Gasteiger partial charge is 0.480 e. The van der Waals surface area contributed by atoms with Gasteiger partial charge >= 0.3 is 6.18 Å². The fourth-order valence-electron chi connectivity index (χ4n) is 4.55. The van der Waals surface area contributed by atoms with Crippen molar-refractivity contribution in [1.29, 1.82) is 5.26 Å². The molecule has 0 bridgehead atoms. The van der Waals surface area contributed by atoms with E-state index in [0.717, 1.165) is 5.56 Å². The van der Waals surface area contributed by atoms with Crippen molar-refractivity contribution in [2.24, 2.45) is 5.92 Å². The van der Waals surface area contributed by atoms with E-state index in [4.69, 9.17) is 9.15 Å². The maximum absolute atomic E-state index is 13.4. The predicted octanol–water partition coefficient (Wildman–Crippen LogP) is 6.40. The molecule has 0 spiro atoms. The normalized spacial score (nSPS) is 12.9. The Bertz CT molecular complexity index is 1760. The molecule has 0 saturated carbocycles. The van der Waals surface area contributed by atoms with Gasteiger partial charge in [0.25, 0.3) is 11.8 Å². The van der Waals surface area contributed by atoms with Gasteiger partial charge in [0, 0.05) is 36.4 Å². The number of ether oxygens (including phenoxy) is 1. The van der Waals surface area contributed by atoms with E-state index in [1.54, 1.807) is 32.9 Å². The Labute approximate surface area is 252 Å². The van der Waals surface area contributed by atoms with Crippen molar-refractivity contribution in [3.63, 3.8) is 0 Å². The molecule has 2 amide bonds. The molecular formula is C32H32F3N5O4. The summed E-state index contributed by atoms with van der Waals surface area (Å²) in [5, 5.41) is 15.3. The molecule has 1 aromatic carbocycles. The summed E-state index contributed by atoms with van der Waals surface area (Å²) in [6.07, 6.45) is -4.79. The van der Waals surface area contributed by atoms with Crippen molar-refractivity contribution >= 4 is 22.9 Å². The second kappa shape index (κ2) is 12.4. The first-order chi connectivity index (χ1) is 20.7. The summed E-state index contributed by atoms with van der Waals surface area (Å²) in [4.78, 5) is 35.2. The standard InChI is InChI=1S/C32H32F3N5O4/c1-17(2)31(4,16-36)40-27(41)23-13-20(15-38-29(23)43-6)21-14-22-25(28(42)37-5)26(19-9-7-18(3)8-10-19)44-30(22)39-24(21)11-12-32(33,34)35/h7-10,13-15,17H,11-12H2,1-6H3,(H,37,42)(H,40,41). The summed E-state index contributed by atoms with van der Waals surface area (Å²) in [5.41, 5.74) is 0.966. The summed E-state index contributed by atoms with van der Waals surface area (Å²) in [5.74, 6) is -1.21. The number of nitrogens with one attached hydrogen (secondary N) is 2. The number of pyridine rings is 2. The number of nitriles is 1. The number of halogens is 3. The number of alkyl halides is 3. The van der Waals surface area contributed by atoms with Crippen LogP contribution in [0, 0.1) is 24.2 Å². The molecule has 2 N–H and O–H groups in total. The average Bonchev–Trinajstić information content (AvgIpc) is 3.36. The second-order valence-electron chi connectivity index (χ2n) is 10.9. The van der Waals surface area contributed by atoms with Crippen LogP contribution >= 0.6 is 0 Å². The topological polar surface area (TPSA) is 130 Å². The van der Waals surface area contributed by atoms with E-state index >= 15 is 0 Å². The number of aromatic nitrogens is 2. The molecule has 1 atom stereocenters. The van der Waals surface area contributed by atoms with Crippen molar-refractivity contribution in [2.45, 2.75) is 52.3 Å². The van der Waals surface area contributed by atoms with Gasteiger partial charge in [-0.2, -0.15) is 18.4 Å². The minimum absolute atomic E-state index is 0.0127. The Morgan fingerprint density at radius 3 is 2.36 bits per heavy atom. The first-order valence-corrected chi connectivity index (χ1v) is 13.8. The number of methoxy groups -OCH3 is 1. The third-order valence-electron chi connectivity index (χ3n) is 7.54. The second-order valence-corrected chi connectivity index (χ2v) is 10.9. The molecule has 0 radical (unpaired) electrons.